The van der Waals surface area contributed by atoms with Gasteiger partial charge in [0.1, 0.15) is 11.2 Å². The van der Waals surface area contributed by atoms with E-state index in [2.05, 4.69) is 45.9 Å². The Kier molecular flexibility index (Phi) is 4.08. The number of hydrogen-bond acceptors (Lipinski definition) is 4. The van der Waals surface area contributed by atoms with Crippen LogP contribution in [0.4, 0.5) is 0 Å². The fourth-order valence-electron chi connectivity index (χ4n) is 3.84. The molecule has 148 valence electrons. The van der Waals surface area contributed by atoms with Crippen LogP contribution < -0.4 is 5.46 Å². The van der Waals surface area contributed by atoms with Gasteiger partial charge in [0.15, 0.2) is 0 Å². The zero-order valence-corrected chi connectivity index (χ0v) is 17.5. The minimum Gasteiger partial charge on any atom is -0.456 e. The van der Waals surface area contributed by atoms with E-state index in [1.54, 1.807) is 0 Å². The van der Waals surface area contributed by atoms with E-state index >= 15 is 0 Å². The molecule has 1 aromatic heterocycles. The van der Waals surface area contributed by atoms with Crippen molar-refractivity contribution >= 4 is 34.5 Å². The van der Waals surface area contributed by atoms with E-state index in [0.717, 1.165) is 38.5 Å². The third kappa shape index (κ3) is 2.92. The van der Waals surface area contributed by atoms with Crippen molar-refractivity contribution in [2.24, 2.45) is 0 Å². The highest BCUT2D eigenvalue weighted by atomic mass is 16.7. The molecule has 3 aromatic carbocycles. The summed E-state index contributed by atoms with van der Waals surface area (Å²) < 4.78 is 18.5. The summed E-state index contributed by atoms with van der Waals surface area (Å²) in [5, 5.41) is 11.1. The van der Waals surface area contributed by atoms with E-state index < -0.39 is 7.12 Å². The van der Waals surface area contributed by atoms with Gasteiger partial charge in [-0.25, -0.2) is 0 Å². The summed E-state index contributed by atoms with van der Waals surface area (Å²) in [7, 11) is -0.411. The summed E-state index contributed by atoms with van der Waals surface area (Å²) in [5.41, 5.74) is 4.69. The molecule has 0 N–H and O–H groups in total. The van der Waals surface area contributed by atoms with Gasteiger partial charge in [-0.1, -0.05) is 30.3 Å². The molecular formula is C25H22BNO3. The normalized spacial score (nSPS) is 17.5. The molecule has 4 nitrogen and oxygen atoms in total. The average Bonchev–Trinajstić information content (AvgIpc) is 3.20. The summed E-state index contributed by atoms with van der Waals surface area (Å²) in [6.45, 7) is 8.23. The van der Waals surface area contributed by atoms with Gasteiger partial charge in [0, 0.05) is 10.8 Å². The second-order valence-corrected chi connectivity index (χ2v) is 8.85. The highest BCUT2D eigenvalue weighted by Crippen LogP contribution is 2.37. The SMILES string of the molecule is CC1(C)OB(c2ccc3oc4ccc(-c5ccc(C#N)cc5)cc4c3c2)OC1(C)C. The van der Waals surface area contributed by atoms with Gasteiger partial charge in [0.05, 0.1) is 22.8 Å². The Labute approximate surface area is 176 Å². The van der Waals surface area contributed by atoms with E-state index in [0.29, 0.717) is 5.56 Å². The van der Waals surface area contributed by atoms with Gasteiger partial charge in [-0.05, 0) is 74.6 Å². The van der Waals surface area contributed by atoms with Crippen molar-refractivity contribution in [3.8, 4) is 17.2 Å². The number of hydrogen-bond donors (Lipinski definition) is 0. The van der Waals surface area contributed by atoms with Gasteiger partial charge < -0.3 is 13.7 Å². The molecule has 0 aliphatic carbocycles. The monoisotopic (exact) mass is 395 g/mol. The van der Waals surface area contributed by atoms with Gasteiger partial charge >= 0.3 is 7.12 Å². The van der Waals surface area contributed by atoms with Gasteiger partial charge in [0.2, 0.25) is 0 Å². The van der Waals surface area contributed by atoms with Crippen LogP contribution in [0, 0.1) is 11.3 Å². The van der Waals surface area contributed by atoms with E-state index in [1.165, 1.54) is 0 Å². The first kappa shape index (κ1) is 18.9. The largest absolute Gasteiger partial charge is 0.494 e. The molecule has 2 heterocycles. The topological polar surface area (TPSA) is 55.4 Å². The van der Waals surface area contributed by atoms with Gasteiger partial charge in [-0.15, -0.1) is 0 Å². The number of nitrogens with zero attached hydrogens (tertiary/aromatic N) is 1. The van der Waals surface area contributed by atoms with E-state index in [-0.39, 0.29) is 11.2 Å². The maximum atomic E-state index is 9.03. The summed E-state index contributed by atoms with van der Waals surface area (Å²) in [6.07, 6.45) is 0. The molecule has 30 heavy (non-hydrogen) atoms. The fourth-order valence-corrected chi connectivity index (χ4v) is 3.84. The first-order chi connectivity index (χ1) is 14.3. The number of rotatable bonds is 2. The van der Waals surface area contributed by atoms with Crippen LogP contribution in [0.25, 0.3) is 33.1 Å². The number of benzene rings is 3. The lowest BCUT2D eigenvalue weighted by Crippen LogP contribution is -2.41. The molecule has 0 unspecified atom stereocenters. The Hall–Kier alpha value is -3.07. The number of nitriles is 1. The first-order valence-corrected chi connectivity index (χ1v) is 10.1. The summed E-state index contributed by atoms with van der Waals surface area (Å²) in [5.74, 6) is 0. The molecule has 0 amide bonds. The van der Waals surface area contributed by atoms with Crippen LogP contribution in [0.3, 0.4) is 0 Å². The van der Waals surface area contributed by atoms with Crippen LogP contribution in [-0.2, 0) is 9.31 Å². The quantitative estimate of drug-likeness (QED) is 0.425. The van der Waals surface area contributed by atoms with Crippen LogP contribution in [0.15, 0.2) is 65.1 Å². The molecule has 0 atom stereocenters. The summed E-state index contributed by atoms with van der Waals surface area (Å²) >= 11 is 0. The maximum Gasteiger partial charge on any atom is 0.494 e. The predicted molar refractivity (Wildman–Crippen MR) is 120 cm³/mol. The molecule has 1 saturated heterocycles. The summed E-state index contributed by atoms with van der Waals surface area (Å²) in [6, 6.07) is 22.0. The fraction of sp³-hybridized carbons (Fsp3) is 0.240. The lowest BCUT2D eigenvalue weighted by Gasteiger charge is -2.32. The Morgan fingerprint density at radius 2 is 1.30 bits per heavy atom. The summed E-state index contributed by atoms with van der Waals surface area (Å²) in [4.78, 5) is 0. The highest BCUT2D eigenvalue weighted by Gasteiger charge is 2.51. The number of fused-ring (bicyclic) bond motifs is 3. The van der Waals surface area contributed by atoms with E-state index in [4.69, 9.17) is 19.0 Å². The lowest BCUT2D eigenvalue weighted by molar-refractivity contribution is 0.00578. The van der Waals surface area contributed by atoms with Crippen LogP contribution in [0.2, 0.25) is 0 Å². The van der Waals surface area contributed by atoms with Gasteiger partial charge in [0.25, 0.3) is 0 Å². The van der Waals surface area contributed by atoms with Crippen molar-refractivity contribution in [1.29, 1.82) is 5.26 Å². The molecular weight excluding hydrogens is 373 g/mol. The predicted octanol–water partition coefficient (Wildman–Crippen LogP) is 5.42. The van der Waals surface area contributed by atoms with Crippen molar-refractivity contribution in [2.75, 3.05) is 0 Å². The smallest absolute Gasteiger partial charge is 0.456 e. The molecule has 1 aliphatic heterocycles. The standard InChI is InChI=1S/C25H22BNO3/c1-24(2)25(3,4)30-26(29-24)19-10-12-23-21(14-19)20-13-18(9-11-22(20)28-23)17-7-5-16(15-27)6-8-17/h5-14H,1-4H3. The second-order valence-electron chi connectivity index (χ2n) is 8.85. The van der Waals surface area contributed by atoms with Crippen molar-refractivity contribution < 1.29 is 13.7 Å². The zero-order valence-electron chi connectivity index (χ0n) is 17.5. The highest BCUT2D eigenvalue weighted by molar-refractivity contribution is 6.62. The van der Waals surface area contributed by atoms with Crippen molar-refractivity contribution in [3.63, 3.8) is 0 Å². The Morgan fingerprint density at radius 1 is 0.733 bits per heavy atom. The molecule has 0 spiro atoms. The molecule has 4 aromatic rings. The molecule has 1 aliphatic rings. The first-order valence-electron chi connectivity index (χ1n) is 10.1. The molecule has 0 radical (unpaired) electrons. The van der Waals surface area contributed by atoms with Gasteiger partial charge in [-0.2, -0.15) is 5.26 Å². The third-order valence-corrected chi connectivity index (χ3v) is 6.37. The second kappa shape index (κ2) is 6.47. The zero-order chi connectivity index (χ0) is 21.1. The lowest BCUT2D eigenvalue weighted by atomic mass is 9.78. The maximum absolute atomic E-state index is 9.03. The minimum atomic E-state index is -0.411. The minimum absolute atomic E-state index is 0.381. The number of furan rings is 1. The molecule has 0 bridgehead atoms. The Balaban J connectivity index is 1.59. The Bertz CT molecular complexity index is 1300. The van der Waals surface area contributed by atoms with Crippen molar-refractivity contribution in [2.45, 2.75) is 38.9 Å². The van der Waals surface area contributed by atoms with Crippen LogP contribution in [0.5, 0.6) is 0 Å². The molecule has 5 rings (SSSR count). The van der Waals surface area contributed by atoms with Crippen molar-refractivity contribution in [1.82, 2.24) is 0 Å². The molecule has 1 fully saturated rings. The average molecular weight is 395 g/mol. The van der Waals surface area contributed by atoms with Gasteiger partial charge in [-0.3, -0.25) is 0 Å². The Morgan fingerprint density at radius 3 is 1.93 bits per heavy atom. The molecule has 5 heteroatoms. The van der Waals surface area contributed by atoms with Crippen molar-refractivity contribution in [3.05, 3.63) is 66.2 Å². The van der Waals surface area contributed by atoms with E-state index in [1.807, 2.05) is 48.5 Å². The van der Waals surface area contributed by atoms with Crippen LogP contribution >= 0.6 is 0 Å². The third-order valence-electron chi connectivity index (χ3n) is 6.37. The van der Waals surface area contributed by atoms with Crippen LogP contribution in [-0.4, -0.2) is 18.3 Å². The van der Waals surface area contributed by atoms with E-state index in [9.17, 15) is 0 Å². The van der Waals surface area contributed by atoms with Crippen LogP contribution in [0.1, 0.15) is 33.3 Å². The molecule has 0 saturated carbocycles.